The third-order valence-corrected chi connectivity index (χ3v) is 3.53. The van der Waals surface area contributed by atoms with Gasteiger partial charge < -0.3 is 9.64 Å². The van der Waals surface area contributed by atoms with Crippen LogP contribution in [0.25, 0.3) is 0 Å². The van der Waals surface area contributed by atoms with Gasteiger partial charge in [-0.15, -0.1) is 0 Å². The fourth-order valence-electron chi connectivity index (χ4n) is 1.62. The predicted molar refractivity (Wildman–Crippen MR) is 82.0 cm³/mol. The van der Waals surface area contributed by atoms with E-state index in [0.29, 0.717) is 12.2 Å². The van der Waals surface area contributed by atoms with E-state index in [0.717, 1.165) is 3.57 Å². The molecule has 0 aliphatic carbocycles. The largest absolute Gasteiger partial charge is 0.465 e. The quantitative estimate of drug-likeness (QED) is 0.587. The summed E-state index contributed by atoms with van der Waals surface area (Å²) in [4.78, 5) is 25.5. The summed E-state index contributed by atoms with van der Waals surface area (Å²) in [6.07, 6.45) is 0. The number of benzene rings is 1. The van der Waals surface area contributed by atoms with Crippen molar-refractivity contribution in [3.8, 4) is 0 Å². The van der Waals surface area contributed by atoms with Crippen molar-refractivity contribution in [3.05, 3.63) is 33.4 Å². The number of carbonyl (C=O) groups excluding carboxylic acids is 2. The first kappa shape index (κ1) is 15.9. The Balaban J connectivity index is 2.91. The van der Waals surface area contributed by atoms with E-state index in [2.05, 4.69) is 22.6 Å². The zero-order valence-corrected chi connectivity index (χ0v) is 13.5. The molecule has 0 saturated heterocycles. The third kappa shape index (κ3) is 4.49. The molecule has 1 aromatic rings. The number of esters is 1. The van der Waals surface area contributed by atoms with Crippen LogP contribution in [0.4, 0.5) is 0 Å². The molecule has 19 heavy (non-hydrogen) atoms. The molecule has 0 saturated carbocycles. The van der Waals surface area contributed by atoms with Crippen molar-refractivity contribution >= 4 is 34.5 Å². The van der Waals surface area contributed by atoms with E-state index in [-0.39, 0.29) is 24.5 Å². The fraction of sp³-hybridized carbons (Fsp3) is 0.429. The first-order valence-electron chi connectivity index (χ1n) is 6.18. The van der Waals surface area contributed by atoms with Crippen LogP contribution in [-0.2, 0) is 9.53 Å². The van der Waals surface area contributed by atoms with Crippen molar-refractivity contribution < 1.29 is 14.3 Å². The van der Waals surface area contributed by atoms with E-state index in [1.807, 2.05) is 32.0 Å². The maximum absolute atomic E-state index is 12.5. The molecule has 4 nitrogen and oxygen atoms in total. The topological polar surface area (TPSA) is 46.6 Å². The van der Waals surface area contributed by atoms with E-state index in [1.54, 1.807) is 13.0 Å². The Morgan fingerprint density at radius 3 is 2.47 bits per heavy atom. The molecule has 104 valence electrons. The second-order valence-corrected chi connectivity index (χ2v) is 5.47. The van der Waals surface area contributed by atoms with Crippen molar-refractivity contribution in [1.29, 1.82) is 0 Å². The molecular weight excluding hydrogens is 357 g/mol. The van der Waals surface area contributed by atoms with Crippen LogP contribution in [0.15, 0.2) is 24.3 Å². The molecule has 0 bridgehead atoms. The molecule has 0 radical (unpaired) electrons. The Hall–Kier alpha value is -1.11. The molecule has 0 aliphatic rings. The molecule has 0 unspecified atom stereocenters. The van der Waals surface area contributed by atoms with Gasteiger partial charge in [0.1, 0.15) is 6.54 Å². The van der Waals surface area contributed by atoms with Crippen LogP contribution in [0.1, 0.15) is 31.1 Å². The molecule has 5 heteroatoms. The lowest BCUT2D eigenvalue weighted by molar-refractivity contribution is -0.144. The monoisotopic (exact) mass is 375 g/mol. The van der Waals surface area contributed by atoms with E-state index in [1.165, 1.54) is 4.90 Å². The molecule has 1 amide bonds. The molecule has 0 aromatic heterocycles. The second kappa shape index (κ2) is 7.47. The molecule has 0 N–H and O–H groups in total. The number of hydrogen-bond donors (Lipinski definition) is 0. The maximum Gasteiger partial charge on any atom is 0.325 e. The summed E-state index contributed by atoms with van der Waals surface area (Å²) in [6, 6.07) is 7.27. The summed E-state index contributed by atoms with van der Waals surface area (Å²) in [7, 11) is 0. The fourth-order valence-corrected chi connectivity index (χ4v) is 2.24. The third-order valence-electron chi connectivity index (χ3n) is 2.59. The molecule has 0 spiro atoms. The summed E-state index contributed by atoms with van der Waals surface area (Å²) in [5, 5.41) is 0. The number of rotatable bonds is 5. The minimum absolute atomic E-state index is 0.0185. The number of amides is 1. The first-order valence-corrected chi connectivity index (χ1v) is 7.26. The van der Waals surface area contributed by atoms with Crippen molar-refractivity contribution in [1.82, 2.24) is 4.90 Å². The van der Waals surface area contributed by atoms with Gasteiger partial charge in [0.05, 0.1) is 12.2 Å². The second-order valence-electron chi connectivity index (χ2n) is 4.31. The number of nitrogens with zero attached hydrogens (tertiary/aromatic N) is 1. The normalized spacial score (nSPS) is 10.4. The SMILES string of the molecule is CCOC(=O)CN(C(=O)c1ccccc1I)C(C)C. The van der Waals surface area contributed by atoms with Gasteiger partial charge in [-0.2, -0.15) is 0 Å². The molecule has 0 fully saturated rings. The van der Waals surface area contributed by atoms with Crippen LogP contribution in [0.5, 0.6) is 0 Å². The minimum atomic E-state index is -0.379. The van der Waals surface area contributed by atoms with Crippen molar-refractivity contribution in [2.75, 3.05) is 13.2 Å². The smallest absolute Gasteiger partial charge is 0.325 e. The zero-order chi connectivity index (χ0) is 14.4. The highest BCUT2D eigenvalue weighted by Crippen LogP contribution is 2.15. The molecule has 0 atom stereocenters. The van der Waals surface area contributed by atoms with Crippen LogP contribution >= 0.6 is 22.6 Å². The lowest BCUT2D eigenvalue weighted by Crippen LogP contribution is -2.41. The first-order chi connectivity index (χ1) is 8.97. The molecule has 0 heterocycles. The van der Waals surface area contributed by atoms with Gasteiger partial charge >= 0.3 is 5.97 Å². The summed E-state index contributed by atoms with van der Waals surface area (Å²) < 4.78 is 5.78. The van der Waals surface area contributed by atoms with Crippen LogP contribution in [0, 0.1) is 3.57 Å². The van der Waals surface area contributed by atoms with Gasteiger partial charge in [-0.3, -0.25) is 9.59 Å². The Labute approximate surface area is 127 Å². The average molecular weight is 375 g/mol. The highest BCUT2D eigenvalue weighted by molar-refractivity contribution is 14.1. The Bertz CT molecular complexity index is 460. The molecular formula is C14H18INO3. The predicted octanol–water partition coefficient (Wildman–Crippen LogP) is 2.70. The summed E-state index contributed by atoms with van der Waals surface area (Å²) in [5.74, 6) is -0.524. The maximum atomic E-state index is 12.5. The Morgan fingerprint density at radius 1 is 1.32 bits per heavy atom. The highest BCUT2D eigenvalue weighted by atomic mass is 127. The van der Waals surface area contributed by atoms with E-state index in [4.69, 9.17) is 4.74 Å². The van der Waals surface area contributed by atoms with Crippen LogP contribution < -0.4 is 0 Å². The van der Waals surface area contributed by atoms with Gasteiger partial charge in [-0.25, -0.2) is 0 Å². The van der Waals surface area contributed by atoms with E-state index < -0.39 is 0 Å². The van der Waals surface area contributed by atoms with E-state index >= 15 is 0 Å². The molecule has 1 aromatic carbocycles. The number of halogens is 1. The number of hydrogen-bond acceptors (Lipinski definition) is 3. The molecule has 0 aliphatic heterocycles. The van der Waals surface area contributed by atoms with Crippen molar-refractivity contribution in [2.45, 2.75) is 26.8 Å². The number of carbonyl (C=O) groups is 2. The lowest BCUT2D eigenvalue weighted by atomic mass is 10.1. The molecule has 1 rings (SSSR count). The van der Waals surface area contributed by atoms with Gasteiger partial charge in [0.15, 0.2) is 0 Å². The summed E-state index contributed by atoms with van der Waals surface area (Å²) in [6.45, 7) is 5.82. The summed E-state index contributed by atoms with van der Waals surface area (Å²) in [5.41, 5.74) is 0.612. The van der Waals surface area contributed by atoms with Crippen LogP contribution in [0.2, 0.25) is 0 Å². The van der Waals surface area contributed by atoms with Gasteiger partial charge in [0.25, 0.3) is 5.91 Å². The Morgan fingerprint density at radius 2 is 1.95 bits per heavy atom. The lowest BCUT2D eigenvalue weighted by Gasteiger charge is -2.26. The highest BCUT2D eigenvalue weighted by Gasteiger charge is 2.23. The Kier molecular flexibility index (Phi) is 6.27. The average Bonchev–Trinajstić information content (AvgIpc) is 2.36. The van der Waals surface area contributed by atoms with Gasteiger partial charge in [-0.05, 0) is 55.5 Å². The summed E-state index contributed by atoms with van der Waals surface area (Å²) >= 11 is 2.12. The van der Waals surface area contributed by atoms with Crippen molar-refractivity contribution in [3.63, 3.8) is 0 Å². The van der Waals surface area contributed by atoms with Crippen LogP contribution in [-0.4, -0.2) is 36.0 Å². The van der Waals surface area contributed by atoms with Crippen LogP contribution in [0.3, 0.4) is 0 Å². The number of ether oxygens (including phenoxy) is 1. The zero-order valence-electron chi connectivity index (χ0n) is 11.4. The van der Waals surface area contributed by atoms with Crippen molar-refractivity contribution in [2.24, 2.45) is 0 Å². The minimum Gasteiger partial charge on any atom is -0.465 e. The van der Waals surface area contributed by atoms with E-state index in [9.17, 15) is 9.59 Å². The standard InChI is InChI=1S/C14H18INO3/c1-4-19-13(17)9-16(10(2)3)14(18)11-7-5-6-8-12(11)15/h5-8,10H,4,9H2,1-3H3. The van der Waals surface area contributed by atoms with Gasteiger partial charge in [-0.1, -0.05) is 12.1 Å². The van der Waals surface area contributed by atoms with Gasteiger partial charge in [0, 0.05) is 9.61 Å². The van der Waals surface area contributed by atoms with Gasteiger partial charge in [0.2, 0.25) is 0 Å².